The van der Waals surface area contributed by atoms with Gasteiger partial charge in [-0.3, -0.25) is 9.89 Å². The number of aromatic amines is 1. The molecule has 2 rings (SSSR count). The number of ether oxygens (including phenoxy) is 1. The molecule has 2 aromatic rings. The Hall–Kier alpha value is -2.61. The number of aromatic nitrogens is 2. The lowest BCUT2D eigenvalue weighted by Gasteiger charge is -2.07. The van der Waals surface area contributed by atoms with E-state index in [1.54, 1.807) is 0 Å². The van der Waals surface area contributed by atoms with E-state index in [1.807, 2.05) is 0 Å². The number of carbonyl (C=O) groups excluding carboxylic acids is 1. The van der Waals surface area contributed by atoms with E-state index in [0.29, 0.717) is 11.4 Å². The molecule has 1 aromatic carbocycles. The lowest BCUT2D eigenvalue weighted by Crippen LogP contribution is -2.17. The number of nitrogens with one attached hydrogen (secondary N) is 2. The Bertz CT molecular complexity index is 668. The van der Waals surface area contributed by atoms with Crippen molar-refractivity contribution in [3.8, 4) is 11.5 Å². The zero-order valence-electron chi connectivity index (χ0n) is 10.5. The van der Waals surface area contributed by atoms with E-state index in [4.69, 9.17) is 22.7 Å². The summed E-state index contributed by atoms with van der Waals surface area (Å²) in [5.41, 5.74) is 6.19. The second-order valence-electron chi connectivity index (χ2n) is 3.86. The fourth-order valence-electron chi connectivity index (χ4n) is 1.59. The first-order valence-electron chi connectivity index (χ1n) is 5.54. The fraction of sp³-hybridized carbons (Fsp3) is 0.0833. The van der Waals surface area contributed by atoms with Gasteiger partial charge in [0.05, 0.1) is 18.9 Å². The fourth-order valence-corrected chi connectivity index (χ4v) is 1.74. The van der Waals surface area contributed by atoms with Gasteiger partial charge < -0.3 is 20.9 Å². The molecule has 0 spiro atoms. The molecule has 1 amide bonds. The highest BCUT2D eigenvalue weighted by Crippen LogP contribution is 2.26. The maximum atomic E-state index is 12.0. The number of anilines is 1. The van der Waals surface area contributed by atoms with Crippen molar-refractivity contribution in [3.05, 3.63) is 35.5 Å². The van der Waals surface area contributed by atoms with E-state index in [-0.39, 0.29) is 22.1 Å². The van der Waals surface area contributed by atoms with Crippen molar-refractivity contribution in [2.45, 2.75) is 0 Å². The third kappa shape index (κ3) is 2.69. The van der Waals surface area contributed by atoms with Crippen molar-refractivity contribution < 1.29 is 14.6 Å². The Morgan fingerprint density at radius 3 is 2.90 bits per heavy atom. The van der Waals surface area contributed by atoms with Crippen LogP contribution in [0.25, 0.3) is 0 Å². The number of hydrogen-bond donors (Lipinski definition) is 4. The molecule has 0 bridgehead atoms. The number of amides is 1. The summed E-state index contributed by atoms with van der Waals surface area (Å²) in [5, 5.41) is 18.6. The standard InChI is InChI=1S/C12H12N4O3S/c1-19-9-3-2-6(4-8(9)17)12(18)15-11-7(10(13)20)5-14-16-11/h2-5,17H,1H3,(H2,13,20)(H2,14,15,16,18). The van der Waals surface area contributed by atoms with Crippen LogP contribution in [0.15, 0.2) is 24.4 Å². The predicted octanol–water partition coefficient (Wildman–Crippen LogP) is 1.01. The van der Waals surface area contributed by atoms with E-state index >= 15 is 0 Å². The number of thiocarbonyl (C=S) groups is 1. The van der Waals surface area contributed by atoms with Crippen LogP contribution in [0.3, 0.4) is 0 Å². The average molecular weight is 292 g/mol. The van der Waals surface area contributed by atoms with Crippen molar-refractivity contribution in [1.82, 2.24) is 10.2 Å². The number of hydrogen-bond acceptors (Lipinski definition) is 5. The van der Waals surface area contributed by atoms with E-state index < -0.39 is 5.91 Å². The van der Waals surface area contributed by atoms with Crippen LogP contribution in [-0.4, -0.2) is 33.3 Å². The third-order valence-electron chi connectivity index (χ3n) is 2.58. The van der Waals surface area contributed by atoms with Crippen molar-refractivity contribution in [2.75, 3.05) is 12.4 Å². The smallest absolute Gasteiger partial charge is 0.256 e. The molecule has 8 heteroatoms. The highest BCUT2D eigenvalue weighted by Gasteiger charge is 2.14. The molecule has 0 aliphatic heterocycles. The van der Waals surface area contributed by atoms with Crippen LogP contribution in [0.1, 0.15) is 15.9 Å². The second kappa shape index (κ2) is 5.57. The molecule has 7 nitrogen and oxygen atoms in total. The van der Waals surface area contributed by atoms with Crippen molar-refractivity contribution in [2.24, 2.45) is 5.73 Å². The van der Waals surface area contributed by atoms with E-state index in [1.165, 1.54) is 31.5 Å². The number of methoxy groups -OCH3 is 1. The zero-order chi connectivity index (χ0) is 14.7. The first-order valence-corrected chi connectivity index (χ1v) is 5.95. The monoisotopic (exact) mass is 292 g/mol. The number of H-pyrrole nitrogens is 1. The quantitative estimate of drug-likeness (QED) is 0.625. The SMILES string of the molecule is COc1ccc(C(=O)Nc2[nH]ncc2C(N)=S)cc1O. The van der Waals surface area contributed by atoms with Crippen LogP contribution in [-0.2, 0) is 0 Å². The number of aromatic hydroxyl groups is 1. The Morgan fingerprint density at radius 1 is 1.55 bits per heavy atom. The molecule has 104 valence electrons. The van der Waals surface area contributed by atoms with Gasteiger partial charge in [0.15, 0.2) is 11.5 Å². The minimum atomic E-state index is -0.440. The Kier molecular flexibility index (Phi) is 3.85. The first-order chi connectivity index (χ1) is 9.52. The largest absolute Gasteiger partial charge is 0.504 e. The van der Waals surface area contributed by atoms with Gasteiger partial charge >= 0.3 is 0 Å². The van der Waals surface area contributed by atoms with Gasteiger partial charge in [-0.1, -0.05) is 12.2 Å². The Balaban J connectivity index is 2.22. The van der Waals surface area contributed by atoms with Gasteiger partial charge in [0.2, 0.25) is 0 Å². The first kappa shape index (κ1) is 13.8. The summed E-state index contributed by atoms with van der Waals surface area (Å²) in [6.07, 6.45) is 1.42. The molecule has 20 heavy (non-hydrogen) atoms. The van der Waals surface area contributed by atoms with Crippen molar-refractivity contribution in [1.29, 1.82) is 0 Å². The lowest BCUT2D eigenvalue weighted by atomic mass is 10.2. The molecule has 0 atom stereocenters. The second-order valence-corrected chi connectivity index (χ2v) is 4.30. The summed E-state index contributed by atoms with van der Waals surface area (Å²) in [6.45, 7) is 0. The molecule has 1 aromatic heterocycles. The molecular weight excluding hydrogens is 280 g/mol. The summed E-state index contributed by atoms with van der Waals surface area (Å²) in [7, 11) is 1.42. The van der Waals surface area contributed by atoms with Gasteiger partial charge in [-0.05, 0) is 18.2 Å². The molecule has 0 unspecified atom stereocenters. The van der Waals surface area contributed by atoms with Crippen molar-refractivity contribution >= 4 is 28.9 Å². The lowest BCUT2D eigenvalue weighted by molar-refractivity contribution is 0.102. The maximum Gasteiger partial charge on any atom is 0.256 e. The van der Waals surface area contributed by atoms with Gasteiger partial charge in [-0.2, -0.15) is 5.10 Å². The number of nitrogens with zero attached hydrogens (tertiary/aromatic N) is 1. The number of phenols is 1. The molecular formula is C12H12N4O3S. The van der Waals surface area contributed by atoms with Crippen LogP contribution in [0.4, 0.5) is 5.82 Å². The van der Waals surface area contributed by atoms with Crippen molar-refractivity contribution in [3.63, 3.8) is 0 Å². The molecule has 0 saturated heterocycles. The van der Waals surface area contributed by atoms with Gasteiger partial charge in [0, 0.05) is 5.56 Å². The topological polar surface area (TPSA) is 113 Å². The number of rotatable bonds is 4. The molecule has 1 heterocycles. The highest BCUT2D eigenvalue weighted by molar-refractivity contribution is 7.80. The third-order valence-corrected chi connectivity index (χ3v) is 2.80. The van der Waals surface area contributed by atoms with Crippen LogP contribution in [0.5, 0.6) is 11.5 Å². The van der Waals surface area contributed by atoms with E-state index in [9.17, 15) is 9.90 Å². The minimum Gasteiger partial charge on any atom is -0.504 e. The summed E-state index contributed by atoms with van der Waals surface area (Å²) >= 11 is 4.84. The van der Waals surface area contributed by atoms with Crippen LogP contribution < -0.4 is 15.8 Å². The van der Waals surface area contributed by atoms with E-state index in [0.717, 1.165) is 0 Å². The minimum absolute atomic E-state index is 0.117. The van der Waals surface area contributed by atoms with Crippen LogP contribution in [0, 0.1) is 0 Å². The highest BCUT2D eigenvalue weighted by atomic mass is 32.1. The Labute approximate surface area is 119 Å². The summed E-state index contributed by atoms with van der Waals surface area (Å²) < 4.78 is 4.90. The number of benzene rings is 1. The molecule has 0 fully saturated rings. The van der Waals surface area contributed by atoms with Gasteiger partial charge in [0.1, 0.15) is 10.8 Å². The molecule has 0 radical (unpaired) electrons. The van der Waals surface area contributed by atoms with Crippen LogP contribution >= 0.6 is 12.2 Å². The maximum absolute atomic E-state index is 12.0. The average Bonchev–Trinajstić information content (AvgIpc) is 2.86. The summed E-state index contributed by atoms with van der Waals surface area (Å²) in [4.78, 5) is 12.2. The van der Waals surface area contributed by atoms with E-state index in [2.05, 4.69) is 15.5 Å². The van der Waals surface area contributed by atoms with Gasteiger partial charge in [-0.25, -0.2) is 0 Å². The molecule has 0 saturated carbocycles. The summed E-state index contributed by atoms with van der Waals surface area (Å²) in [6, 6.07) is 4.31. The normalized spacial score (nSPS) is 10.1. The van der Waals surface area contributed by atoms with Crippen LogP contribution in [0.2, 0.25) is 0 Å². The number of phenolic OH excluding ortho intramolecular Hbond substituents is 1. The van der Waals surface area contributed by atoms with Gasteiger partial charge in [-0.15, -0.1) is 0 Å². The number of carbonyl (C=O) groups is 1. The van der Waals surface area contributed by atoms with Gasteiger partial charge in [0.25, 0.3) is 5.91 Å². The predicted molar refractivity (Wildman–Crippen MR) is 77.1 cm³/mol. The zero-order valence-corrected chi connectivity index (χ0v) is 11.3. The molecule has 0 aliphatic carbocycles. The number of nitrogens with two attached hydrogens (primary N) is 1. The molecule has 0 aliphatic rings. The molecule has 5 N–H and O–H groups in total. The summed E-state index contributed by atoms with van der Waals surface area (Å²) in [5.74, 6) is 0.0220. The Morgan fingerprint density at radius 2 is 2.30 bits per heavy atom.